The molecule has 8 nitrogen and oxygen atoms in total. The van der Waals surface area contributed by atoms with Crippen LogP contribution in [0.2, 0.25) is 0 Å². The van der Waals surface area contributed by atoms with Gasteiger partial charge in [0.2, 0.25) is 5.60 Å². The molecule has 2 aromatic heterocycles. The first-order chi connectivity index (χ1) is 16.5. The van der Waals surface area contributed by atoms with E-state index in [1.165, 1.54) is 17.7 Å². The van der Waals surface area contributed by atoms with Crippen LogP contribution in [-0.2, 0) is 19.9 Å². The molecule has 1 aromatic carbocycles. The number of hydrogen-bond acceptors (Lipinski definition) is 7. The van der Waals surface area contributed by atoms with Crippen LogP contribution in [0.1, 0.15) is 24.0 Å². The van der Waals surface area contributed by atoms with Gasteiger partial charge in [-0.25, -0.2) is 14.8 Å². The Morgan fingerprint density at radius 1 is 1.11 bits per heavy atom. The van der Waals surface area contributed by atoms with Crippen molar-refractivity contribution in [2.24, 2.45) is 5.92 Å². The molecule has 184 valence electrons. The van der Waals surface area contributed by atoms with Gasteiger partial charge in [0.05, 0.1) is 31.2 Å². The average Bonchev–Trinajstić information content (AvgIpc) is 3.40. The van der Waals surface area contributed by atoms with Gasteiger partial charge in [0.1, 0.15) is 12.9 Å². The number of nitrogens with one attached hydrogen (secondary N) is 1. The Kier molecular flexibility index (Phi) is 7.65. The zero-order valence-corrected chi connectivity index (χ0v) is 21.5. The van der Waals surface area contributed by atoms with E-state index >= 15 is 0 Å². The molecule has 1 amide bonds. The molecule has 0 radical (unpaired) electrons. The molecule has 6 rings (SSSR count). The van der Waals surface area contributed by atoms with Crippen LogP contribution in [0, 0.1) is 5.92 Å². The maximum absolute atomic E-state index is 13.5. The number of thiophene rings is 1. The minimum Gasteiger partial charge on any atom is -1.00 e. The molecule has 3 fully saturated rings. The molecule has 3 aromatic rings. The van der Waals surface area contributed by atoms with Crippen LogP contribution in [0.3, 0.4) is 0 Å². The molecule has 0 saturated carbocycles. The van der Waals surface area contributed by atoms with Crippen LogP contribution in [0.5, 0.6) is 0 Å². The van der Waals surface area contributed by atoms with Gasteiger partial charge >= 0.3 is 5.97 Å². The van der Waals surface area contributed by atoms with Gasteiger partial charge in [-0.1, -0.05) is 30.3 Å². The number of hydrogen-bond donors (Lipinski definition) is 2. The number of esters is 1. The molecule has 10 heteroatoms. The van der Waals surface area contributed by atoms with Crippen LogP contribution >= 0.6 is 11.3 Å². The van der Waals surface area contributed by atoms with Gasteiger partial charge in [-0.15, -0.1) is 0 Å². The first-order valence-electron chi connectivity index (χ1n) is 11.4. The van der Waals surface area contributed by atoms with Crippen molar-refractivity contribution in [3.05, 3.63) is 77.0 Å². The van der Waals surface area contributed by atoms with Crippen LogP contribution in [0.25, 0.3) is 0 Å². The third-order valence-electron chi connectivity index (χ3n) is 7.05. The number of rotatable bonds is 7. The first kappa shape index (κ1) is 25.4. The van der Waals surface area contributed by atoms with E-state index < -0.39 is 11.6 Å². The summed E-state index contributed by atoms with van der Waals surface area (Å²) < 4.78 is 6.61. The lowest BCUT2D eigenvalue weighted by molar-refractivity contribution is -0.939. The number of halogens is 1. The van der Waals surface area contributed by atoms with Crippen LogP contribution in [0.4, 0.5) is 5.69 Å². The molecule has 2 atom stereocenters. The summed E-state index contributed by atoms with van der Waals surface area (Å²) in [7, 11) is 0. The summed E-state index contributed by atoms with van der Waals surface area (Å²) in [6.07, 6.45) is 5.94. The van der Waals surface area contributed by atoms with Gasteiger partial charge < -0.3 is 36.6 Å². The van der Waals surface area contributed by atoms with E-state index in [9.17, 15) is 14.7 Å². The number of aromatic nitrogens is 2. The largest absolute Gasteiger partial charge is 1.00 e. The fourth-order valence-electron chi connectivity index (χ4n) is 5.22. The predicted octanol–water partition coefficient (Wildman–Crippen LogP) is -0.431. The number of benzene rings is 1. The highest BCUT2D eigenvalue weighted by molar-refractivity contribution is 7.08. The molecule has 3 saturated heterocycles. The third-order valence-corrected chi connectivity index (χ3v) is 7.73. The molecule has 0 aliphatic carbocycles. The van der Waals surface area contributed by atoms with Gasteiger partial charge in [-0.3, -0.25) is 4.79 Å². The van der Waals surface area contributed by atoms with Crippen LogP contribution in [-0.4, -0.2) is 63.7 Å². The van der Waals surface area contributed by atoms with Crippen molar-refractivity contribution in [2.75, 3.05) is 31.5 Å². The highest BCUT2D eigenvalue weighted by Gasteiger charge is 2.51. The number of aliphatic hydroxyl groups is 1. The van der Waals surface area contributed by atoms with E-state index in [1.807, 2.05) is 11.4 Å². The van der Waals surface area contributed by atoms with E-state index in [0.717, 1.165) is 25.9 Å². The number of piperidine rings is 3. The summed E-state index contributed by atoms with van der Waals surface area (Å²) in [6.45, 7) is 2.59. The number of quaternary nitrogens is 1. The molecule has 0 spiro atoms. The Labute approximate surface area is 218 Å². The second kappa shape index (κ2) is 10.5. The summed E-state index contributed by atoms with van der Waals surface area (Å²) in [5.41, 5.74) is -0.330. The molecule has 3 aliphatic rings. The quantitative estimate of drug-likeness (QED) is 0.301. The second-order valence-corrected chi connectivity index (χ2v) is 9.95. The first-order valence-corrected chi connectivity index (χ1v) is 12.3. The van der Waals surface area contributed by atoms with Gasteiger partial charge in [-0.05, 0) is 22.4 Å². The molecule has 2 N–H and O–H groups in total. The monoisotopic (exact) mass is 558 g/mol. The van der Waals surface area contributed by atoms with Crippen molar-refractivity contribution in [1.82, 2.24) is 9.97 Å². The molecular formula is C25H27BrN4O4S. The minimum atomic E-state index is -1.87. The van der Waals surface area contributed by atoms with E-state index in [4.69, 9.17) is 4.74 Å². The Morgan fingerprint density at radius 3 is 2.49 bits per heavy atom. The number of fused-ring (bicyclic) bond motifs is 3. The zero-order chi connectivity index (χ0) is 23.6. The summed E-state index contributed by atoms with van der Waals surface area (Å²) in [4.78, 5) is 34.1. The number of nitrogens with zero attached hydrogens (tertiary/aromatic N) is 3. The fourth-order valence-corrected chi connectivity index (χ4v) is 5.92. The lowest BCUT2D eigenvalue weighted by Gasteiger charge is -2.51. The van der Waals surface area contributed by atoms with Crippen molar-refractivity contribution in [1.29, 1.82) is 0 Å². The molecule has 1 unspecified atom stereocenters. The number of amides is 1. The van der Waals surface area contributed by atoms with Gasteiger partial charge in [0.25, 0.3) is 5.91 Å². The smallest absolute Gasteiger partial charge is 0.348 e. The second-order valence-electron chi connectivity index (χ2n) is 9.17. The standard InChI is InChI=1S/C25H26N4O4S.BrH/c30-23(28-21-12-26-17-27-13-21)15-29-9-6-18(7-10-29)22(14-29)33-24(31)25(32,20-8-11-34-16-20)19-4-2-1-3-5-19;/h1-5,8,11-13,16-18,22,32H,6-7,9-10,14-15H2;1H/t18?,22?,25-,29?;/m1./s1. The van der Waals surface area contributed by atoms with Crippen LogP contribution < -0.4 is 22.3 Å². The highest BCUT2D eigenvalue weighted by atomic mass is 79.9. The van der Waals surface area contributed by atoms with Crippen molar-refractivity contribution in [3.63, 3.8) is 0 Å². The molecule has 5 heterocycles. The van der Waals surface area contributed by atoms with Gasteiger partial charge in [0, 0.05) is 24.3 Å². The third kappa shape index (κ3) is 5.16. The van der Waals surface area contributed by atoms with Crippen LogP contribution in [0.15, 0.2) is 65.9 Å². The number of ether oxygens (including phenoxy) is 1. The van der Waals surface area contributed by atoms with Gasteiger partial charge in [-0.2, -0.15) is 11.3 Å². The SMILES string of the molecule is O=C(C[N+]12CCC(CC1)C(OC(=O)[C@@](O)(c1ccccc1)c1ccsc1)C2)Nc1cncnc1.[Br-]. The average molecular weight is 559 g/mol. The summed E-state index contributed by atoms with van der Waals surface area (Å²) in [5.74, 6) is -0.545. The summed E-state index contributed by atoms with van der Waals surface area (Å²) >= 11 is 1.42. The summed E-state index contributed by atoms with van der Waals surface area (Å²) in [6, 6.07) is 10.7. The molecular weight excluding hydrogens is 532 g/mol. The fraction of sp³-hybridized carbons (Fsp3) is 0.360. The van der Waals surface area contributed by atoms with E-state index in [0.29, 0.717) is 34.4 Å². The molecule has 3 aliphatic heterocycles. The zero-order valence-electron chi connectivity index (χ0n) is 19.0. The van der Waals surface area contributed by atoms with E-state index in [1.54, 1.807) is 48.1 Å². The number of anilines is 1. The topological polar surface area (TPSA) is 101 Å². The van der Waals surface area contributed by atoms with Crippen molar-refractivity contribution in [2.45, 2.75) is 24.5 Å². The number of carbonyl (C=O) groups is 2. The molecule has 35 heavy (non-hydrogen) atoms. The molecule has 2 bridgehead atoms. The normalized spacial score (nSPS) is 24.6. The van der Waals surface area contributed by atoms with Crippen molar-refractivity contribution < 1.29 is 40.9 Å². The lowest BCUT2D eigenvalue weighted by atomic mass is 9.82. The van der Waals surface area contributed by atoms with Gasteiger partial charge in [0.15, 0.2) is 12.6 Å². The Morgan fingerprint density at radius 2 is 1.83 bits per heavy atom. The predicted molar refractivity (Wildman–Crippen MR) is 127 cm³/mol. The maximum atomic E-state index is 13.5. The Hall–Kier alpha value is -2.66. The minimum absolute atomic E-state index is 0. The Balaban J connectivity index is 0.00000289. The Bertz CT molecular complexity index is 1140. The van der Waals surface area contributed by atoms with E-state index in [2.05, 4.69) is 15.3 Å². The summed E-state index contributed by atoms with van der Waals surface area (Å²) in [5, 5.41) is 18.1. The number of carbonyl (C=O) groups excluding carboxylic acids is 2. The lowest BCUT2D eigenvalue weighted by Crippen LogP contribution is -3.00. The van der Waals surface area contributed by atoms with Crippen molar-refractivity contribution in [3.8, 4) is 0 Å². The highest BCUT2D eigenvalue weighted by Crippen LogP contribution is 2.38. The van der Waals surface area contributed by atoms with E-state index in [-0.39, 0.29) is 34.9 Å². The van der Waals surface area contributed by atoms with Crippen molar-refractivity contribution >= 4 is 28.9 Å². The maximum Gasteiger partial charge on any atom is 0.348 e.